The number of rotatable bonds is 5. The van der Waals surface area contributed by atoms with E-state index in [0.717, 1.165) is 26.8 Å². The zero-order valence-electron chi connectivity index (χ0n) is 11.2. The van der Waals surface area contributed by atoms with E-state index in [1.165, 1.54) is 11.1 Å². The fourth-order valence-electron chi connectivity index (χ4n) is 2.13. The maximum atomic E-state index is 6.29. The van der Waals surface area contributed by atoms with Crippen LogP contribution in [0.25, 0.3) is 0 Å². The van der Waals surface area contributed by atoms with Gasteiger partial charge < -0.3 is 5.32 Å². The minimum atomic E-state index is 0.370. The third-order valence-electron chi connectivity index (χ3n) is 3.29. The van der Waals surface area contributed by atoms with Crippen molar-refractivity contribution >= 4 is 43.5 Å². The van der Waals surface area contributed by atoms with Gasteiger partial charge in [0.15, 0.2) is 0 Å². The fourth-order valence-corrected chi connectivity index (χ4v) is 3.15. The van der Waals surface area contributed by atoms with E-state index in [4.69, 9.17) is 11.6 Å². The van der Waals surface area contributed by atoms with Gasteiger partial charge in [0.25, 0.3) is 0 Å². The molecule has 20 heavy (non-hydrogen) atoms. The summed E-state index contributed by atoms with van der Waals surface area (Å²) in [7, 11) is 2.00. The third kappa shape index (κ3) is 4.59. The van der Waals surface area contributed by atoms with Crippen molar-refractivity contribution in [2.45, 2.75) is 18.9 Å². The zero-order valence-corrected chi connectivity index (χ0v) is 15.1. The van der Waals surface area contributed by atoms with E-state index >= 15 is 0 Å². The Bertz CT molecular complexity index is 569. The smallest absolute Gasteiger partial charge is 0.0449 e. The molecule has 2 aromatic rings. The Morgan fingerprint density at radius 3 is 2.25 bits per heavy atom. The van der Waals surface area contributed by atoms with Crippen LogP contribution in [0.2, 0.25) is 5.02 Å². The molecule has 2 rings (SSSR count). The topological polar surface area (TPSA) is 12.0 Å². The molecule has 1 unspecified atom stereocenters. The largest absolute Gasteiger partial charge is 0.316 e. The summed E-state index contributed by atoms with van der Waals surface area (Å²) in [4.78, 5) is 0. The molecule has 0 aliphatic heterocycles. The van der Waals surface area contributed by atoms with Crippen molar-refractivity contribution in [3.8, 4) is 0 Å². The summed E-state index contributed by atoms with van der Waals surface area (Å²) in [6.07, 6.45) is 1.90. The van der Waals surface area contributed by atoms with E-state index in [1.54, 1.807) is 0 Å². The Kier molecular flexibility index (Phi) is 6.09. The minimum absolute atomic E-state index is 0.370. The SMILES string of the molecule is CNC(Cc1ccc(Br)cc1)Cc1ccc(Br)cc1Cl. The van der Waals surface area contributed by atoms with Crippen LogP contribution in [0.5, 0.6) is 0 Å². The maximum absolute atomic E-state index is 6.29. The summed E-state index contributed by atoms with van der Waals surface area (Å²) in [5.41, 5.74) is 2.49. The average molecular weight is 418 g/mol. The summed E-state index contributed by atoms with van der Waals surface area (Å²) in [5.74, 6) is 0. The molecule has 0 saturated heterocycles. The van der Waals surface area contributed by atoms with Gasteiger partial charge in [-0.15, -0.1) is 0 Å². The molecule has 1 N–H and O–H groups in total. The van der Waals surface area contributed by atoms with Crippen LogP contribution in [0.15, 0.2) is 51.4 Å². The molecule has 0 aromatic heterocycles. The molecule has 0 saturated carbocycles. The van der Waals surface area contributed by atoms with Crippen molar-refractivity contribution in [2.75, 3.05) is 7.05 Å². The Labute approximate surface area is 142 Å². The molecule has 0 bridgehead atoms. The molecule has 0 fully saturated rings. The first-order chi connectivity index (χ1) is 9.58. The van der Waals surface area contributed by atoms with Gasteiger partial charge in [-0.1, -0.05) is 61.7 Å². The molecule has 4 heteroatoms. The molecular weight excluding hydrogens is 401 g/mol. The van der Waals surface area contributed by atoms with Crippen LogP contribution in [-0.2, 0) is 12.8 Å². The van der Waals surface area contributed by atoms with Crippen molar-refractivity contribution in [2.24, 2.45) is 0 Å². The lowest BCUT2D eigenvalue weighted by atomic mass is 9.99. The molecule has 106 valence electrons. The lowest BCUT2D eigenvalue weighted by Crippen LogP contribution is -2.30. The van der Waals surface area contributed by atoms with Gasteiger partial charge in [-0.2, -0.15) is 0 Å². The number of halogens is 3. The molecule has 1 nitrogen and oxygen atoms in total. The van der Waals surface area contributed by atoms with Crippen LogP contribution in [-0.4, -0.2) is 13.1 Å². The van der Waals surface area contributed by atoms with Crippen molar-refractivity contribution in [1.29, 1.82) is 0 Å². The summed E-state index contributed by atoms with van der Waals surface area (Å²) in [5, 5.41) is 4.19. The molecule has 1 atom stereocenters. The van der Waals surface area contributed by atoms with E-state index in [0.29, 0.717) is 6.04 Å². The Balaban J connectivity index is 2.07. The predicted octanol–water partition coefficient (Wildman–Crippen LogP) is 5.24. The van der Waals surface area contributed by atoms with E-state index in [-0.39, 0.29) is 0 Å². The Hall–Kier alpha value is -0.350. The second kappa shape index (κ2) is 7.60. The molecule has 0 aliphatic rings. The highest BCUT2D eigenvalue weighted by Crippen LogP contribution is 2.23. The molecule has 0 radical (unpaired) electrons. The van der Waals surface area contributed by atoms with Gasteiger partial charge in [0.05, 0.1) is 0 Å². The second-order valence-corrected chi connectivity index (χ2v) is 6.99. The standard InChI is InChI=1S/C16H16Br2ClN/c1-20-15(8-11-2-5-13(17)6-3-11)9-12-4-7-14(18)10-16(12)19/h2-7,10,15,20H,8-9H2,1H3. The van der Waals surface area contributed by atoms with Gasteiger partial charge in [-0.3, -0.25) is 0 Å². The van der Waals surface area contributed by atoms with Gasteiger partial charge in [-0.25, -0.2) is 0 Å². The first-order valence-electron chi connectivity index (χ1n) is 6.44. The van der Waals surface area contributed by atoms with E-state index in [2.05, 4.69) is 67.5 Å². The van der Waals surface area contributed by atoms with Crippen LogP contribution in [0.4, 0.5) is 0 Å². The average Bonchev–Trinajstić information content (AvgIpc) is 2.43. The highest BCUT2D eigenvalue weighted by atomic mass is 79.9. The zero-order chi connectivity index (χ0) is 14.5. The van der Waals surface area contributed by atoms with Crippen LogP contribution in [0, 0.1) is 0 Å². The monoisotopic (exact) mass is 415 g/mol. The quantitative estimate of drug-likeness (QED) is 0.702. The van der Waals surface area contributed by atoms with Gasteiger partial charge in [0.2, 0.25) is 0 Å². The number of hydrogen-bond acceptors (Lipinski definition) is 1. The summed E-state index contributed by atoms with van der Waals surface area (Å²) in [6.45, 7) is 0. The molecule has 0 spiro atoms. The number of hydrogen-bond donors (Lipinski definition) is 1. The molecule has 0 aliphatic carbocycles. The van der Waals surface area contributed by atoms with Crippen molar-refractivity contribution in [3.05, 3.63) is 67.6 Å². The normalized spacial score (nSPS) is 12.4. The first kappa shape index (κ1) is 16.0. The minimum Gasteiger partial charge on any atom is -0.316 e. The Morgan fingerprint density at radius 1 is 1.00 bits per heavy atom. The number of nitrogens with one attached hydrogen (secondary N) is 1. The van der Waals surface area contributed by atoms with E-state index in [1.807, 2.05) is 19.2 Å². The van der Waals surface area contributed by atoms with E-state index < -0.39 is 0 Å². The van der Waals surface area contributed by atoms with Crippen molar-refractivity contribution < 1.29 is 0 Å². The summed E-state index contributed by atoms with van der Waals surface area (Å²) in [6, 6.07) is 14.9. The molecular formula is C16H16Br2ClN. The predicted molar refractivity (Wildman–Crippen MR) is 93.5 cm³/mol. The second-order valence-electron chi connectivity index (χ2n) is 4.76. The van der Waals surface area contributed by atoms with Crippen LogP contribution in [0.1, 0.15) is 11.1 Å². The number of likely N-dealkylation sites (N-methyl/N-ethyl adjacent to an activating group) is 1. The first-order valence-corrected chi connectivity index (χ1v) is 8.40. The van der Waals surface area contributed by atoms with Gasteiger partial charge in [-0.05, 0) is 55.3 Å². The van der Waals surface area contributed by atoms with Gasteiger partial charge in [0.1, 0.15) is 0 Å². The van der Waals surface area contributed by atoms with E-state index in [9.17, 15) is 0 Å². The van der Waals surface area contributed by atoms with Crippen molar-refractivity contribution in [3.63, 3.8) is 0 Å². The summed E-state index contributed by atoms with van der Waals surface area (Å²) >= 11 is 13.2. The highest BCUT2D eigenvalue weighted by Gasteiger charge is 2.11. The van der Waals surface area contributed by atoms with Crippen LogP contribution in [0.3, 0.4) is 0 Å². The lowest BCUT2D eigenvalue weighted by Gasteiger charge is -2.17. The van der Waals surface area contributed by atoms with Gasteiger partial charge >= 0.3 is 0 Å². The summed E-state index contributed by atoms with van der Waals surface area (Å²) < 4.78 is 2.12. The van der Waals surface area contributed by atoms with Gasteiger partial charge in [0, 0.05) is 20.0 Å². The number of benzene rings is 2. The highest BCUT2D eigenvalue weighted by molar-refractivity contribution is 9.10. The maximum Gasteiger partial charge on any atom is 0.0449 e. The molecule has 0 amide bonds. The Morgan fingerprint density at radius 2 is 1.65 bits per heavy atom. The fraction of sp³-hybridized carbons (Fsp3) is 0.250. The third-order valence-corrected chi connectivity index (χ3v) is 4.66. The lowest BCUT2D eigenvalue weighted by molar-refractivity contribution is 0.556. The molecule has 2 aromatic carbocycles. The van der Waals surface area contributed by atoms with Crippen molar-refractivity contribution in [1.82, 2.24) is 5.32 Å². The molecule has 0 heterocycles. The van der Waals surface area contributed by atoms with Crippen LogP contribution >= 0.6 is 43.5 Å². The van der Waals surface area contributed by atoms with Crippen LogP contribution < -0.4 is 5.32 Å².